The van der Waals surface area contributed by atoms with Crippen molar-refractivity contribution in [2.45, 2.75) is 13.0 Å². The molecule has 0 aliphatic carbocycles. The highest BCUT2D eigenvalue weighted by Gasteiger charge is 2.13. The molecule has 0 atom stereocenters. The smallest absolute Gasteiger partial charge is 0.160 e. The van der Waals surface area contributed by atoms with Crippen molar-refractivity contribution in [3.8, 4) is 11.4 Å². The van der Waals surface area contributed by atoms with Crippen LogP contribution >= 0.6 is 11.6 Å². The van der Waals surface area contributed by atoms with Crippen LogP contribution in [0.15, 0.2) is 36.8 Å². The van der Waals surface area contributed by atoms with Crippen LogP contribution in [-0.2, 0) is 6.54 Å². The van der Waals surface area contributed by atoms with E-state index in [0.29, 0.717) is 11.6 Å². The Balaban J connectivity index is 2.19. The molecule has 3 aromatic rings. The fourth-order valence-corrected chi connectivity index (χ4v) is 2.32. The molecule has 6 heteroatoms. The molecule has 0 radical (unpaired) electrons. The molecule has 0 saturated heterocycles. The van der Waals surface area contributed by atoms with E-state index < -0.39 is 0 Å². The third-order valence-corrected chi connectivity index (χ3v) is 3.28. The van der Waals surface area contributed by atoms with Gasteiger partial charge in [0.2, 0.25) is 0 Å². The van der Waals surface area contributed by atoms with Crippen molar-refractivity contribution in [2.75, 3.05) is 6.54 Å². The van der Waals surface area contributed by atoms with E-state index in [1.165, 1.54) is 0 Å². The second-order valence-electron chi connectivity index (χ2n) is 4.46. The molecule has 3 heterocycles. The molecule has 102 valence electrons. The number of nitrogens with zero attached hydrogens (tertiary/aromatic N) is 4. The molecule has 0 unspecified atom stereocenters. The van der Waals surface area contributed by atoms with Crippen LogP contribution in [0.1, 0.15) is 6.42 Å². The number of fused-ring (bicyclic) bond motifs is 1. The Hall–Kier alpha value is -1.98. The quantitative estimate of drug-likeness (QED) is 0.800. The molecular weight excluding hydrogens is 274 g/mol. The predicted molar refractivity (Wildman–Crippen MR) is 79.4 cm³/mol. The minimum atomic E-state index is 0.585. The van der Waals surface area contributed by atoms with E-state index in [9.17, 15) is 0 Å². The fourth-order valence-electron chi connectivity index (χ4n) is 2.17. The highest BCUT2D eigenvalue weighted by Crippen LogP contribution is 2.25. The summed E-state index contributed by atoms with van der Waals surface area (Å²) in [6.45, 7) is 1.41. The zero-order valence-corrected chi connectivity index (χ0v) is 11.6. The molecule has 0 spiro atoms. The lowest BCUT2D eigenvalue weighted by atomic mass is 10.2. The van der Waals surface area contributed by atoms with Crippen molar-refractivity contribution in [1.82, 2.24) is 19.5 Å². The number of hydrogen-bond donors (Lipinski definition) is 1. The van der Waals surface area contributed by atoms with Crippen LogP contribution in [0.2, 0.25) is 5.02 Å². The van der Waals surface area contributed by atoms with E-state index in [2.05, 4.69) is 19.5 Å². The summed E-state index contributed by atoms with van der Waals surface area (Å²) in [5.41, 5.74) is 8.24. The third-order valence-electron chi connectivity index (χ3n) is 3.08. The molecule has 0 bridgehead atoms. The van der Waals surface area contributed by atoms with Gasteiger partial charge in [-0.25, -0.2) is 9.97 Å². The topological polar surface area (TPSA) is 69.6 Å². The minimum Gasteiger partial charge on any atom is -0.330 e. The van der Waals surface area contributed by atoms with E-state index in [1.54, 1.807) is 18.6 Å². The van der Waals surface area contributed by atoms with Crippen LogP contribution in [-0.4, -0.2) is 26.1 Å². The van der Waals surface area contributed by atoms with Gasteiger partial charge in [0.25, 0.3) is 0 Å². The van der Waals surface area contributed by atoms with Crippen molar-refractivity contribution in [1.29, 1.82) is 0 Å². The maximum atomic E-state index is 5.99. The lowest BCUT2D eigenvalue weighted by molar-refractivity contribution is 0.667. The molecule has 0 aliphatic rings. The van der Waals surface area contributed by atoms with Gasteiger partial charge in [-0.1, -0.05) is 11.6 Å². The van der Waals surface area contributed by atoms with Crippen molar-refractivity contribution in [2.24, 2.45) is 5.73 Å². The highest BCUT2D eigenvalue weighted by atomic mass is 35.5. The third kappa shape index (κ3) is 2.37. The van der Waals surface area contributed by atoms with Crippen LogP contribution in [0.5, 0.6) is 0 Å². The van der Waals surface area contributed by atoms with Crippen molar-refractivity contribution in [3.63, 3.8) is 0 Å². The standard InChI is InChI=1S/C14H14ClN5/c15-11-8-12-14(18-9-11)20(7-1-4-16)13(19-12)10-2-5-17-6-3-10/h2-3,5-6,8-9H,1,4,7,16H2. The normalized spacial score (nSPS) is 11.1. The summed E-state index contributed by atoms with van der Waals surface area (Å²) in [4.78, 5) is 13.1. The van der Waals surface area contributed by atoms with Gasteiger partial charge in [0.15, 0.2) is 5.65 Å². The molecule has 0 aromatic carbocycles. The van der Waals surface area contributed by atoms with Crippen LogP contribution < -0.4 is 5.73 Å². The van der Waals surface area contributed by atoms with Gasteiger partial charge in [-0.15, -0.1) is 0 Å². The first-order valence-corrected chi connectivity index (χ1v) is 6.79. The van der Waals surface area contributed by atoms with Gasteiger partial charge in [-0.2, -0.15) is 0 Å². The number of rotatable bonds is 4. The van der Waals surface area contributed by atoms with Crippen molar-refractivity contribution < 1.29 is 0 Å². The lowest BCUT2D eigenvalue weighted by Gasteiger charge is -2.07. The summed E-state index contributed by atoms with van der Waals surface area (Å²) >= 11 is 5.99. The average Bonchev–Trinajstić information content (AvgIpc) is 2.83. The Kier molecular flexibility index (Phi) is 3.62. The van der Waals surface area contributed by atoms with Crippen molar-refractivity contribution in [3.05, 3.63) is 41.8 Å². The summed E-state index contributed by atoms with van der Waals surface area (Å²) in [6, 6.07) is 5.69. The Labute approximate surface area is 121 Å². The van der Waals surface area contributed by atoms with E-state index >= 15 is 0 Å². The second kappa shape index (κ2) is 5.56. The summed E-state index contributed by atoms with van der Waals surface area (Å²) < 4.78 is 2.08. The molecule has 2 N–H and O–H groups in total. The number of nitrogens with two attached hydrogens (primary N) is 1. The van der Waals surface area contributed by atoms with E-state index in [4.69, 9.17) is 17.3 Å². The number of imidazole rings is 1. The van der Waals surface area contributed by atoms with Gasteiger partial charge in [-0.05, 0) is 31.2 Å². The molecule has 0 fully saturated rings. The maximum Gasteiger partial charge on any atom is 0.160 e. The Morgan fingerprint density at radius 2 is 2.05 bits per heavy atom. The molecular formula is C14H14ClN5. The van der Waals surface area contributed by atoms with Crippen LogP contribution in [0, 0.1) is 0 Å². The monoisotopic (exact) mass is 287 g/mol. The first-order chi connectivity index (χ1) is 9.79. The Bertz CT molecular complexity index is 723. The number of halogens is 1. The van der Waals surface area contributed by atoms with Gasteiger partial charge in [0, 0.05) is 30.7 Å². The van der Waals surface area contributed by atoms with E-state index in [0.717, 1.165) is 35.5 Å². The Morgan fingerprint density at radius 1 is 1.25 bits per heavy atom. The number of aryl methyl sites for hydroxylation is 1. The molecule has 5 nitrogen and oxygen atoms in total. The molecule has 0 aliphatic heterocycles. The van der Waals surface area contributed by atoms with Gasteiger partial charge in [-0.3, -0.25) is 4.98 Å². The first-order valence-electron chi connectivity index (χ1n) is 6.42. The zero-order chi connectivity index (χ0) is 13.9. The number of aromatic nitrogens is 4. The van der Waals surface area contributed by atoms with Crippen molar-refractivity contribution >= 4 is 22.8 Å². The molecule has 20 heavy (non-hydrogen) atoms. The van der Waals surface area contributed by atoms with Crippen LogP contribution in [0.4, 0.5) is 0 Å². The highest BCUT2D eigenvalue weighted by molar-refractivity contribution is 6.31. The molecule has 0 saturated carbocycles. The van der Waals surface area contributed by atoms with Crippen LogP contribution in [0.3, 0.4) is 0 Å². The average molecular weight is 288 g/mol. The fraction of sp³-hybridized carbons (Fsp3) is 0.214. The molecule has 3 aromatic heterocycles. The predicted octanol–water partition coefficient (Wildman–Crippen LogP) is 2.50. The van der Waals surface area contributed by atoms with Gasteiger partial charge < -0.3 is 10.3 Å². The number of hydrogen-bond acceptors (Lipinski definition) is 4. The van der Waals surface area contributed by atoms with E-state index in [-0.39, 0.29) is 0 Å². The van der Waals surface area contributed by atoms with Gasteiger partial charge in [0.05, 0.1) is 5.02 Å². The summed E-state index contributed by atoms with van der Waals surface area (Å²) in [5.74, 6) is 0.866. The number of pyridine rings is 2. The first kappa shape index (κ1) is 13.0. The zero-order valence-electron chi connectivity index (χ0n) is 10.8. The molecule has 0 amide bonds. The molecule has 3 rings (SSSR count). The second-order valence-corrected chi connectivity index (χ2v) is 4.90. The largest absolute Gasteiger partial charge is 0.330 e. The summed E-state index contributed by atoms with van der Waals surface area (Å²) in [5, 5.41) is 0.585. The minimum absolute atomic E-state index is 0.585. The summed E-state index contributed by atoms with van der Waals surface area (Å²) in [7, 11) is 0. The van der Waals surface area contributed by atoms with Gasteiger partial charge >= 0.3 is 0 Å². The SMILES string of the molecule is NCCCn1c(-c2ccncc2)nc2cc(Cl)cnc21. The van der Waals surface area contributed by atoms with Crippen LogP contribution in [0.25, 0.3) is 22.6 Å². The lowest BCUT2D eigenvalue weighted by Crippen LogP contribution is -2.07. The van der Waals surface area contributed by atoms with E-state index in [1.807, 2.05) is 18.2 Å². The van der Waals surface area contributed by atoms with Gasteiger partial charge in [0.1, 0.15) is 11.3 Å². The Morgan fingerprint density at radius 3 is 2.80 bits per heavy atom. The summed E-state index contributed by atoms with van der Waals surface area (Å²) in [6.07, 6.45) is 6.01. The maximum absolute atomic E-state index is 5.99.